The van der Waals surface area contributed by atoms with Crippen molar-refractivity contribution in [3.05, 3.63) is 40.4 Å². The molecule has 0 unspecified atom stereocenters. The molecule has 114 valence electrons. The average Bonchev–Trinajstić information content (AvgIpc) is 2.58. The van der Waals surface area contributed by atoms with Gasteiger partial charge >= 0.3 is 7.12 Å². The van der Waals surface area contributed by atoms with Crippen molar-refractivity contribution in [3.63, 3.8) is 0 Å². The second kappa shape index (κ2) is 5.60. The molecule has 21 heavy (non-hydrogen) atoms. The molecule has 0 saturated carbocycles. The van der Waals surface area contributed by atoms with Crippen LogP contribution in [0.25, 0.3) is 6.08 Å². The Morgan fingerprint density at radius 3 is 2.00 bits per heavy atom. The number of hydrogen-bond acceptors (Lipinski definition) is 3. The van der Waals surface area contributed by atoms with Gasteiger partial charge in [-0.1, -0.05) is 24.3 Å². The van der Waals surface area contributed by atoms with E-state index in [-0.39, 0.29) is 18.3 Å². The van der Waals surface area contributed by atoms with E-state index >= 15 is 0 Å². The minimum absolute atomic E-state index is 0.341. The monoisotopic (exact) mass is 287 g/mol. The molecule has 1 saturated heterocycles. The zero-order valence-electron chi connectivity index (χ0n) is 14.0. The fourth-order valence-corrected chi connectivity index (χ4v) is 2.46. The van der Waals surface area contributed by atoms with E-state index in [2.05, 4.69) is 65.8 Å². The Kier molecular flexibility index (Phi) is 4.34. The lowest BCUT2D eigenvalue weighted by Gasteiger charge is -2.32. The molecule has 0 atom stereocenters. The molecule has 2 rings (SSSR count). The molecular weight excluding hydrogens is 261 g/mol. The quantitative estimate of drug-likeness (QED) is 0.868. The van der Waals surface area contributed by atoms with Gasteiger partial charge in [-0.2, -0.15) is 0 Å². The van der Waals surface area contributed by atoms with Crippen molar-refractivity contribution in [2.45, 2.75) is 52.7 Å². The summed E-state index contributed by atoms with van der Waals surface area (Å²) >= 11 is 0. The molecule has 0 amide bonds. The van der Waals surface area contributed by atoms with E-state index in [9.17, 15) is 0 Å². The van der Waals surface area contributed by atoms with E-state index in [1.165, 1.54) is 16.7 Å². The van der Waals surface area contributed by atoms with Crippen molar-refractivity contribution < 1.29 is 9.31 Å². The number of aryl methyl sites for hydroxylation is 2. The van der Waals surface area contributed by atoms with Crippen LogP contribution in [0.4, 0.5) is 0 Å². The van der Waals surface area contributed by atoms with Crippen molar-refractivity contribution >= 4 is 13.2 Å². The third-order valence-electron chi connectivity index (χ3n) is 4.66. The molecule has 4 heteroatoms. The van der Waals surface area contributed by atoms with Gasteiger partial charge in [0.05, 0.1) is 11.2 Å². The van der Waals surface area contributed by atoms with Crippen molar-refractivity contribution in [2.75, 3.05) is 6.54 Å². The summed E-state index contributed by atoms with van der Waals surface area (Å²) < 4.78 is 12.2. The van der Waals surface area contributed by atoms with Gasteiger partial charge in [0.25, 0.3) is 0 Å². The lowest BCUT2D eigenvalue weighted by atomic mass is 9.76. The lowest BCUT2D eigenvalue weighted by Crippen LogP contribution is -2.41. The minimum atomic E-state index is -0.376. The highest BCUT2D eigenvalue weighted by molar-refractivity contribution is 6.55. The van der Waals surface area contributed by atoms with Crippen LogP contribution in [-0.4, -0.2) is 24.9 Å². The highest BCUT2D eigenvalue weighted by Crippen LogP contribution is 2.38. The summed E-state index contributed by atoms with van der Waals surface area (Å²) in [4.78, 5) is 0. The van der Waals surface area contributed by atoms with Crippen LogP contribution in [0.2, 0.25) is 0 Å². The van der Waals surface area contributed by atoms with Gasteiger partial charge in [0.1, 0.15) is 0 Å². The SMILES string of the molecule is Cc1cccc(C)c1C=C(CN)B1OC(C)(C)C(C)(C)O1. The summed E-state index contributed by atoms with van der Waals surface area (Å²) in [7, 11) is -0.376. The molecule has 3 nitrogen and oxygen atoms in total. The average molecular weight is 287 g/mol. The highest BCUT2D eigenvalue weighted by atomic mass is 16.7. The normalized spacial score (nSPS) is 20.9. The van der Waals surface area contributed by atoms with Crippen LogP contribution in [0.15, 0.2) is 23.7 Å². The van der Waals surface area contributed by atoms with E-state index in [1.807, 2.05) is 0 Å². The molecule has 1 aliphatic heterocycles. The zero-order chi connectivity index (χ0) is 15.8. The van der Waals surface area contributed by atoms with E-state index < -0.39 is 0 Å². The first-order chi connectivity index (χ1) is 9.68. The topological polar surface area (TPSA) is 44.5 Å². The van der Waals surface area contributed by atoms with Gasteiger partial charge in [-0.3, -0.25) is 0 Å². The summed E-state index contributed by atoms with van der Waals surface area (Å²) in [6.45, 7) is 12.9. The van der Waals surface area contributed by atoms with Crippen LogP contribution in [0.5, 0.6) is 0 Å². The summed E-state index contributed by atoms with van der Waals surface area (Å²) in [5.74, 6) is 0. The zero-order valence-corrected chi connectivity index (χ0v) is 14.0. The third kappa shape index (κ3) is 3.08. The molecule has 1 heterocycles. The van der Waals surface area contributed by atoms with Gasteiger partial charge in [-0.25, -0.2) is 0 Å². The van der Waals surface area contributed by atoms with E-state index in [1.54, 1.807) is 0 Å². The molecule has 1 aliphatic rings. The molecule has 0 bridgehead atoms. The molecular formula is C17H26BNO2. The van der Waals surface area contributed by atoms with Crippen molar-refractivity contribution in [1.82, 2.24) is 0 Å². The summed E-state index contributed by atoms with van der Waals surface area (Å²) in [5.41, 5.74) is 9.92. The number of nitrogens with two attached hydrogens (primary N) is 1. The summed E-state index contributed by atoms with van der Waals surface area (Å²) in [5, 5.41) is 0. The smallest absolute Gasteiger partial charge is 0.400 e. The van der Waals surface area contributed by atoms with Gasteiger partial charge < -0.3 is 15.0 Å². The van der Waals surface area contributed by atoms with E-state index in [4.69, 9.17) is 15.0 Å². The Labute approximate surface area is 128 Å². The van der Waals surface area contributed by atoms with Crippen molar-refractivity contribution in [2.24, 2.45) is 5.73 Å². The fraction of sp³-hybridized carbons (Fsp3) is 0.529. The maximum Gasteiger partial charge on any atom is 0.491 e. The Morgan fingerprint density at radius 2 is 1.57 bits per heavy atom. The molecule has 0 aromatic heterocycles. The van der Waals surface area contributed by atoms with E-state index in [0.717, 1.165) is 5.47 Å². The van der Waals surface area contributed by atoms with Crippen molar-refractivity contribution in [1.29, 1.82) is 0 Å². The fourth-order valence-electron chi connectivity index (χ4n) is 2.46. The Balaban J connectivity index is 2.36. The number of rotatable bonds is 3. The van der Waals surface area contributed by atoms with Crippen LogP contribution in [0, 0.1) is 13.8 Å². The van der Waals surface area contributed by atoms with E-state index in [0.29, 0.717) is 6.54 Å². The van der Waals surface area contributed by atoms with Gasteiger partial charge in [0, 0.05) is 6.54 Å². The van der Waals surface area contributed by atoms with Crippen LogP contribution in [-0.2, 0) is 9.31 Å². The highest BCUT2D eigenvalue weighted by Gasteiger charge is 2.52. The van der Waals surface area contributed by atoms with Gasteiger partial charge in [-0.15, -0.1) is 0 Å². The molecule has 1 aromatic carbocycles. The van der Waals surface area contributed by atoms with Crippen molar-refractivity contribution in [3.8, 4) is 0 Å². The largest absolute Gasteiger partial charge is 0.491 e. The van der Waals surface area contributed by atoms with Crippen LogP contribution < -0.4 is 5.73 Å². The molecule has 0 radical (unpaired) electrons. The third-order valence-corrected chi connectivity index (χ3v) is 4.66. The predicted octanol–water partition coefficient (Wildman–Crippen LogP) is 3.28. The first-order valence-corrected chi connectivity index (χ1v) is 7.50. The van der Waals surface area contributed by atoms with Gasteiger partial charge in [0.15, 0.2) is 0 Å². The molecule has 2 N–H and O–H groups in total. The Hall–Kier alpha value is -1.10. The lowest BCUT2D eigenvalue weighted by molar-refractivity contribution is 0.00578. The standard InChI is InChI=1S/C17H26BNO2/c1-12-8-7-9-13(2)15(12)10-14(11-19)18-20-16(3,4)17(5,6)21-18/h7-10H,11,19H2,1-6H3. The molecule has 1 aromatic rings. The first kappa shape index (κ1) is 16.3. The maximum atomic E-state index is 6.10. The molecule has 0 spiro atoms. The summed E-state index contributed by atoms with van der Waals surface area (Å²) in [6, 6.07) is 6.29. The first-order valence-electron chi connectivity index (χ1n) is 7.50. The molecule has 1 fully saturated rings. The molecule has 0 aliphatic carbocycles. The second-order valence-electron chi connectivity index (χ2n) is 6.82. The minimum Gasteiger partial charge on any atom is -0.400 e. The van der Waals surface area contributed by atoms with Crippen LogP contribution >= 0.6 is 0 Å². The second-order valence-corrected chi connectivity index (χ2v) is 6.82. The number of hydrogen-bond donors (Lipinski definition) is 1. The maximum absolute atomic E-state index is 6.10. The van der Waals surface area contributed by atoms with Gasteiger partial charge in [-0.05, 0) is 63.7 Å². The van der Waals surface area contributed by atoms with Crippen LogP contribution in [0.3, 0.4) is 0 Å². The Bertz CT molecular complexity index is 528. The van der Waals surface area contributed by atoms with Crippen LogP contribution in [0.1, 0.15) is 44.4 Å². The summed E-state index contributed by atoms with van der Waals surface area (Å²) in [6.07, 6.45) is 2.12. The predicted molar refractivity (Wildman–Crippen MR) is 89.0 cm³/mol. The number of benzene rings is 1. The Morgan fingerprint density at radius 1 is 1.10 bits per heavy atom. The van der Waals surface area contributed by atoms with Gasteiger partial charge in [0.2, 0.25) is 0 Å².